The second-order valence-electron chi connectivity index (χ2n) is 3.79. The molecule has 0 radical (unpaired) electrons. The number of hydrogen-bond acceptors (Lipinski definition) is 3. The number of aliphatic imine (C=N–C) groups is 1. The van der Waals surface area contributed by atoms with Gasteiger partial charge in [-0.05, 0) is 30.3 Å². The molecule has 1 N–H and O–H groups in total. The van der Waals surface area contributed by atoms with Crippen LogP contribution >= 0.6 is 15.9 Å². The summed E-state index contributed by atoms with van der Waals surface area (Å²) in [6.07, 6.45) is 1.65. The molecule has 1 aliphatic rings. The highest BCUT2D eigenvalue weighted by molar-refractivity contribution is 9.10. The topological polar surface area (TPSA) is 54.4 Å². The Hall–Kier alpha value is -2.01. The summed E-state index contributed by atoms with van der Waals surface area (Å²) in [7, 11) is 0. The van der Waals surface area contributed by atoms with Crippen LogP contribution in [0.4, 0.5) is 11.5 Å². The number of nitrogens with one attached hydrogen (secondary N) is 1. The molecule has 1 aliphatic heterocycles. The number of carbonyl (C=O) groups is 1. The van der Waals surface area contributed by atoms with Crippen LogP contribution in [0.1, 0.15) is 5.56 Å². The van der Waals surface area contributed by atoms with E-state index in [0.29, 0.717) is 11.5 Å². The van der Waals surface area contributed by atoms with Gasteiger partial charge < -0.3 is 5.32 Å². The Balaban J connectivity index is 2.12. The van der Waals surface area contributed by atoms with E-state index < -0.39 is 0 Å². The standard InChI is InChI=1S/C13H8BrN3O/c14-8-4-5-10-9(7-8)12(13(18)16-10)17-11-3-1-2-6-15-11/h1-7H,(H,15,16,17,18). The smallest absolute Gasteiger partial charge is 0.275 e. The summed E-state index contributed by atoms with van der Waals surface area (Å²) in [5.41, 5.74) is 1.96. The highest BCUT2D eigenvalue weighted by Gasteiger charge is 2.26. The van der Waals surface area contributed by atoms with Crippen LogP contribution in [0.25, 0.3) is 0 Å². The van der Waals surface area contributed by atoms with Gasteiger partial charge in [-0.2, -0.15) is 0 Å². The number of hydrogen-bond donors (Lipinski definition) is 1. The number of fused-ring (bicyclic) bond motifs is 1. The summed E-state index contributed by atoms with van der Waals surface area (Å²) < 4.78 is 0.909. The van der Waals surface area contributed by atoms with E-state index in [4.69, 9.17) is 0 Å². The quantitative estimate of drug-likeness (QED) is 0.880. The van der Waals surface area contributed by atoms with Crippen LogP contribution in [0, 0.1) is 0 Å². The lowest BCUT2D eigenvalue weighted by Crippen LogP contribution is -2.14. The molecule has 0 aliphatic carbocycles. The van der Waals surface area contributed by atoms with Gasteiger partial charge in [0.05, 0.1) is 5.69 Å². The first-order valence-electron chi connectivity index (χ1n) is 5.35. The Morgan fingerprint density at radius 3 is 2.89 bits per heavy atom. The summed E-state index contributed by atoms with van der Waals surface area (Å²) in [5.74, 6) is 0.323. The molecule has 1 aromatic carbocycles. The van der Waals surface area contributed by atoms with Crippen molar-refractivity contribution in [3.05, 3.63) is 52.6 Å². The molecular formula is C13H8BrN3O. The van der Waals surface area contributed by atoms with Gasteiger partial charge in [-0.3, -0.25) is 4.79 Å². The van der Waals surface area contributed by atoms with Crippen LogP contribution in [0.15, 0.2) is 52.1 Å². The lowest BCUT2D eigenvalue weighted by Gasteiger charge is -1.98. The Bertz CT molecular complexity index is 653. The number of carbonyl (C=O) groups excluding carboxylic acids is 1. The normalized spacial score (nSPS) is 15.6. The molecule has 1 aromatic heterocycles. The van der Waals surface area contributed by atoms with Crippen molar-refractivity contribution in [2.75, 3.05) is 5.32 Å². The van der Waals surface area contributed by atoms with E-state index in [0.717, 1.165) is 15.7 Å². The van der Waals surface area contributed by atoms with E-state index in [1.165, 1.54) is 0 Å². The van der Waals surface area contributed by atoms with Gasteiger partial charge in [0.1, 0.15) is 5.71 Å². The zero-order chi connectivity index (χ0) is 12.5. The van der Waals surface area contributed by atoms with E-state index in [1.54, 1.807) is 12.3 Å². The van der Waals surface area contributed by atoms with Gasteiger partial charge in [-0.1, -0.05) is 22.0 Å². The minimum Gasteiger partial charge on any atom is -0.320 e. The fraction of sp³-hybridized carbons (Fsp3) is 0. The molecule has 2 heterocycles. The lowest BCUT2D eigenvalue weighted by molar-refractivity contribution is -0.110. The SMILES string of the molecule is O=C1Nc2ccc(Br)cc2/C1=N/c1ccccn1. The maximum atomic E-state index is 11.9. The fourth-order valence-electron chi connectivity index (χ4n) is 1.77. The van der Waals surface area contributed by atoms with Crippen LogP contribution in [0.5, 0.6) is 0 Å². The molecule has 0 bridgehead atoms. The summed E-state index contributed by atoms with van der Waals surface area (Å²) in [6.45, 7) is 0. The molecule has 5 heteroatoms. The predicted molar refractivity (Wildman–Crippen MR) is 73.2 cm³/mol. The maximum Gasteiger partial charge on any atom is 0.275 e. The van der Waals surface area contributed by atoms with Gasteiger partial charge in [0.15, 0.2) is 5.82 Å². The van der Waals surface area contributed by atoms with E-state index in [9.17, 15) is 4.79 Å². The van der Waals surface area contributed by atoms with Gasteiger partial charge >= 0.3 is 0 Å². The number of halogens is 1. The molecule has 0 saturated heterocycles. The average molecular weight is 302 g/mol. The van der Waals surface area contributed by atoms with E-state index in [-0.39, 0.29) is 5.91 Å². The van der Waals surface area contributed by atoms with Gasteiger partial charge in [0.25, 0.3) is 5.91 Å². The van der Waals surface area contributed by atoms with Gasteiger partial charge in [0, 0.05) is 16.2 Å². The first-order chi connectivity index (χ1) is 8.74. The lowest BCUT2D eigenvalue weighted by atomic mass is 10.1. The Kier molecular flexibility index (Phi) is 2.68. The van der Waals surface area contributed by atoms with Crippen molar-refractivity contribution in [3.8, 4) is 0 Å². The maximum absolute atomic E-state index is 11.9. The van der Waals surface area contributed by atoms with Gasteiger partial charge in [-0.25, -0.2) is 9.98 Å². The van der Waals surface area contributed by atoms with Crippen LogP contribution in [-0.2, 0) is 4.79 Å². The number of pyridine rings is 1. The second-order valence-corrected chi connectivity index (χ2v) is 4.71. The zero-order valence-corrected chi connectivity index (χ0v) is 10.8. The molecule has 4 nitrogen and oxygen atoms in total. The van der Waals surface area contributed by atoms with Crippen molar-refractivity contribution in [1.82, 2.24) is 4.98 Å². The molecular weight excluding hydrogens is 294 g/mol. The Morgan fingerprint density at radius 2 is 2.11 bits per heavy atom. The zero-order valence-electron chi connectivity index (χ0n) is 9.22. The molecule has 18 heavy (non-hydrogen) atoms. The number of nitrogens with zero attached hydrogens (tertiary/aromatic N) is 2. The van der Waals surface area contributed by atoms with Crippen LogP contribution < -0.4 is 5.32 Å². The average Bonchev–Trinajstić information content (AvgIpc) is 2.67. The van der Waals surface area contributed by atoms with Crippen molar-refractivity contribution >= 4 is 39.1 Å². The van der Waals surface area contributed by atoms with E-state index >= 15 is 0 Å². The fourth-order valence-corrected chi connectivity index (χ4v) is 2.13. The third-order valence-electron chi connectivity index (χ3n) is 2.58. The molecule has 0 fully saturated rings. The molecule has 0 spiro atoms. The summed E-state index contributed by atoms with van der Waals surface area (Å²) in [6, 6.07) is 11.0. The largest absolute Gasteiger partial charge is 0.320 e. The third-order valence-corrected chi connectivity index (χ3v) is 3.07. The molecule has 0 unspecified atom stereocenters. The third kappa shape index (κ3) is 1.93. The molecule has 3 rings (SSSR count). The minimum atomic E-state index is -0.200. The molecule has 2 aromatic rings. The number of amides is 1. The predicted octanol–water partition coefficient (Wildman–Crippen LogP) is 2.92. The Labute approximate surface area is 112 Å². The van der Waals surface area contributed by atoms with Crippen LogP contribution in [-0.4, -0.2) is 16.6 Å². The number of rotatable bonds is 1. The van der Waals surface area contributed by atoms with E-state index in [1.807, 2.05) is 30.3 Å². The van der Waals surface area contributed by atoms with Crippen molar-refractivity contribution in [2.45, 2.75) is 0 Å². The monoisotopic (exact) mass is 301 g/mol. The number of aromatic nitrogens is 1. The highest BCUT2D eigenvalue weighted by atomic mass is 79.9. The summed E-state index contributed by atoms with van der Waals surface area (Å²) >= 11 is 3.39. The van der Waals surface area contributed by atoms with Crippen LogP contribution in [0.3, 0.4) is 0 Å². The second kappa shape index (κ2) is 4.34. The van der Waals surface area contributed by atoms with E-state index in [2.05, 4.69) is 31.2 Å². The van der Waals surface area contributed by atoms with Gasteiger partial charge in [0.2, 0.25) is 0 Å². The summed E-state index contributed by atoms with van der Waals surface area (Å²) in [5, 5.41) is 2.78. The first kappa shape index (κ1) is 11.1. The molecule has 0 atom stereocenters. The molecule has 0 saturated carbocycles. The molecule has 88 valence electrons. The van der Waals surface area contributed by atoms with Gasteiger partial charge in [-0.15, -0.1) is 0 Å². The summed E-state index contributed by atoms with van der Waals surface area (Å²) in [4.78, 5) is 20.2. The highest BCUT2D eigenvalue weighted by Crippen LogP contribution is 2.27. The Morgan fingerprint density at radius 1 is 1.22 bits per heavy atom. The first-order valence-corrected chi connectivity index (χ1v) is 6.14. The number of anilines is 1. The number of benzene rings is 1. The van der Waals surface area contributed by atoms with Crippen LogP contribution in [0.2, 0.25) is 0 Å². The van der Waals surface area contributed by atoms with Crippen molar-refractivity contribution < 1.29 is 4.79 Å². The van der Waals surface area contributed by atoms with Crippen molar-refractivity contribution in [2.24, 2.45) is 4.99 Å². The van der Waals surface area contributed by atoms with Crippen molar-refractivity contribution in [1.29, 1.82) is 0 Å². The minimum absolute atomic E-state index is 0.200. The molecule has 1 amide bonds. The van der Waals surface area contributed by atoms with Crippen molar-refractivity contribution in [3.63, 3.8) is 0 Å².